The number of ether oxygens (including phenoxy) is 1. The van der Waals surface area contributed by atoms with Gasteiger partial charge in [-0.15, -0.1) is 0 Å². The number of amides is 1. The van der Waals surface area contributed by atoms with E-state index in [9.17, 15) is 9.59 Å². The van der Waals surface area contributed by atoms with Crippen molar-refractivity contribution in [2.45, 2.75) is 6.92 Å². The zero-order chi connectivity index (χ0) is 15.8. The number of carbonyl (C=O) groups is 1. The molecule has 0 spiro atoms. The fourth-order valence-electron chi connectivity index (χ4n) is 1.55. The van der Waals surface area contributed by atoms with E-state index in [-0.39, 0.29) is 24.6 Å². The van der Waals surface area contributed by atoms with Crippen molar-refractivity contribution in [3.05, 3.63) is 58.3 Å². The Morgan fingerprint density at radius 2 is 2.18 bits per heavy atom. The Hall–Kier alpha value is -3.07. The predicted octanol–water partition coefficient (Wildman–Crippen LogP) is 0.891. The molecule has 0 aliphatic rings. The third-order valence-electron chi connectivity index (χ3n) is 2.70. The molecule has 2 heterocycles. The highest BCUT2D eigenvalue weighted by molar-refractivity contribution is 5.93. The summed E-state index contributed by atoms with van der Waals surface area (Å²) in [4.78, 5) is 29.1. The molecule has 0 aliphatic carbocycles. The van der Waals surface area contributed by atoms with E-state index in [0.29, 0.717) is 11.3 Å². The Morgan fingerprint density at radius 1 is 1.32 bits per heavy atom. The second-order valence-corrected chi connectivity index (χ2v) is 4.40. The highest BCUT2D eigenvalue weighted by atomic mass is 16.5. The van der Waals surface area contributed by atoms with Crippen LogP contribution in [0.2, 0.25) is 0 Å². The molecule has 6 heteroatoms. The van der Waals surface area contributed by atoms with Crippen LogP contribution in [0.25, 0.3) is 0 Å². The minimum Gasteiger partial charge on any atom is -0.479 e. The van der Waals surface area contributed by atoms with E-state index >= 15 is 0 Å². The van der Waals surface area contributed by atoms with Gasteiger partial charge in [0.15, 0.2) is 0 Å². The van der Waals surface area contributed by atoms with E-state index in [1.165, 1.54) is 18.3 Å². The Labute approximate surface area is 127 Å². The van der Waals surface area contributed by atoms with Crippen LogP contribution < -0.4 is 15.6 Å². The lowest BCUT2D eigenvalue weighted by Crippen LogP contribution is -2.24. The summed E-state index contributed by atoms with van der Waals surface area (Å²) in [5.74, 6) is 5.92. The summed E-state index contributed by atoms with van der Waals surface area (Å²) >= 11 is 0. The van der Waals surface area contributed by atoms with Crippen LogP contribution in [0.15, 0.2) is 41.5 Å². The smallest absolute Gasteiger partial charge is 0.253 e. The molecule has 6 nitrogen and oxygen atoms in total. The van der Waals surface area contributed by atoms with Crippen molar-refractivity contribution in [3.8, 4) is 17.6 Å². The number of nitrogens with one attached hydrogen (secondary N) is 2. The molecular formula is C16H15N3O3. The average Bonchev–Trinajstić information content (AvgIpc) is 2.53. The highest BCUT2D eigenvalue weighted by Crippen LogP contribution is 2.07. The summed E-state index contributed by atoms with van der Waals surface area (Å²) < 4.78 is 5.38. The molecule has 2 rings (SSSR count). The molecule has 0 unspecified atom stereocenters. The number of pyridine rings is 2. The van der Waals surface area contributed by atoms with E-state index in [2.05, 4.69) is 27.1 Å². The van der Waals surface area contributed by atoms with E-state index in [0.717, 1.165) is 5.69 Å². The first-order chi connectivity index (χ1) is 10.6. The average molecular weight is 297 g/mol. The lowest BCUT2D eigenvalue weighted by atomic mass is 10.3. The van der Waals surface area contributed by atoms with Gasteiger partial charge in [0.05, 0.1) is 18.3 Å². The van der Waals surface area contributed by atoms with Crippen LogP contribution in [0.5, 0.6) is 5.75 Å². The topological polar surface area (TPSA) is 84.1 Å². The molecule has 22 heavy (non-hydrogen) atoms. The summed E-state index contributed by atoms with van der Waals surface area (Å²) in [5.41, 5.74) is 1.05. The number of aromatic nitrogens is 2. The Morgan fingerprint density at radius 3 is 2.86 bits per heavy atom. The third-order valence-corrected chi connectivity index (χ3v) is 2.70. The summed E-state index contributed by atoms with van der Waals surface area (Å²) in [6, 6.07) is 6.42. The SMILES string of the molecule is Cc1ccc(OCC#CCNC(=O)c2ccc(=O)[nH]c2)cn1. The maximum atomic E-state index is 11.7. The number of nitrogens with zero attached hydrogens (tertiary/aromatic N) is 1. The van der Waals surface area contributed by atoms with Gasteiger partial charge in [-0.2, -0.15) is 0 Å². The normalized spacial score (nSPS) is 9.50. The Balaban J connectivity index is 1.72. The summed E-state index contributed by atoms with van der Waals surface area (Å²) in [7, 11) is 0. The van der Waals surface area contributed by atoms with Crippen molar-refractivity contribution in [3.63, 3.8) is 0 Å². The fourth-order valence-corrected chi connectivity index (χ4v) is 1.55. The van der Waals surface area contributed by atoms with Crippen molar-refractivity contribution >= 4 is 5.91 Å². The highest BCUT2D eigenvalue weighted by Gasteiger charge is 2.02. The molecule has 0 fully saturated rings. The van der Waals surface area contributed by atoms with Gasteiger partial charge in [-0.3, -0.25) is 14.6 Å². The first kappa shape index (κ1) is 15.3. The van der Waals surface area contributed by atoms with E-state index in [4.69, 9.17) is 4.74 Å². The first-order valence-electron chi connectivity index (χ1n) is 6.63. The van der Waals surface area contributed by atoms with E-state index in [1.807, 2.05) is 19.1 Å². The molecule has 0 aliphatic heterocycles. The monoisotopic (exact) mass is 297 g/mol. The van der Waals surface area contributed by atoms with Crippen LogP contribution in [0.3, 0.4) is 0 Å². The number of aryl methyl sites for hydroxylation is 1. The van der Waals surface area contributed by atoms with Gasteiger partial charge < -0.3 is 15.0 Å². The molecule has 2 aromatic heterocycles. The largest absolute Gasteiger partial charge is 0.479 e. The summed E-state index contributed by atoms with van der Waals surface area (Å²) in [6.07, 6.45) is 2.99. The maximum Gasteiger partial charge on any atom is 0.253 e. The molecule has 0 saturated heterocycles. The van der Waals surface area contributed by atoms with Gasteiger partial charge in [0.25, 0.3) is 5.91 Å². The zero-order valence-electron chi connectivity index (χ0n) is 12.1. The lowest BCUT2D eigenvalue weighted by Gasteiger charge is -2.01. The fraction of sp³-hybridized carbons (Fsp3) is 0.188. The molecule has 2 N–H and O–H groups in total. The summed E-state index contributed by atoms with van der Waals surface area (Å²) in [6.45, 7) is 2.32. The van der Waals surface area contributed by atoms with Crippen molar-refractivity contribution in [1.29, 1.82) is 0 Å². The Kier molecular flexibility index (Phi) is 5.32. The summed E-state index contributed by atoms with van der Waals surface area (Å²) in [5, 5.41) is 2.62. The number of hydrogen-bond acceptors (Lipinski definition) is 4. The molecule has 0 atom stereocenters. The quantitative estimate of drug-likeness (QED) is 0.821. The third kappa shape index (κ3) is 4.80. The van der Waals surface area contributed by atoms with Crippen LogP contribution in [-0.2, 0) is 0 Å². The lowest BCUT2D eigenvalue weighted by molar-refractivity contribution is 0.0958. The number of rotatable bonds is 4. The van der Waals surface area contributed by atoms with Gasteiger partial charge in [0, 0.05) is 18.0 Å². The second-order valence-electron chi connectivity index (χ2n) is 4.40. The first-order valence-corrected chi connectivity index (χ1v) is 6.63. The van der Waals surface area contributed by atoms with Crippen molar-refractivity contribution in [1.82, 2.24) is 15.3 Å². The van der Waals surface area contributed by atoms with Crippen LogP contribution in [0, 0.1) is 18.8 Å². The van der Waals surface area contributed by atoms with Gasteiger partial charge >= 0.3 is 0 Å². The van der Waals surface area contributed by atoms with Crippen LogP contribution in [0.4, 0.5) is 0 Å². The van der Waals surface area contributed by atoms with Gasteiger partial charge in [0.1, 0.15) is 12.4 Å². The molecular weight excluding hydrogens is 282 g/mol. The zero-order valence-corrected chi connectivity index (χ0v) is 12.1. The second kappa shape index (κ2) is 7.64. The van der Waals surface area contributed by atoms with Crippen molar-refractivity contribution in [2.24, 2.45) is 0 Å². The van der Waals surface area contributed by atoms with Crippen LogP contribution in [-0.4, -0.2) is 29.0 Å². The molecule has 0 bridgehead atoms. The van der Waals surface area contributed by atoms with Gasteiger partial charge in [0.2, 0.25) is 5.56 Å². The molecule has 112 valence electrons. The molecule has 0 aromatic carbocycles. The van der Waals surface area contributed by atoms with E-state index in [1.54, 1.807) is 6.20 Å². The number of hydrogen-bond donors (Lipinski definition) is 2. The molecule has 0 saturated carbocycles. The number of carbonyl (C=O) groups excluding carboxylic acids is 1. The molecule has 0 radical (unpaired) electrons. The maximum absolute atomic E-state index is 11.7. The minimum absolute atomic E-state index is 0.202. The van der Waals surface area contributed by atoms with Gasteiger partial charge in [-0.1, -0.05) is 11.8 Å². The van der Waals surface area contributed by atoms with Crippen LogP contribution in [0.1, 0.15) is 16.1 Å². The molecule has 2 aromatic rings. The number of H-pyrrole nitrogens is 1. The van der Waals surface area contributed by atoms with Crippen molar-refractivity contribution in [2.75, 3.05) is 13.2 Å². The Bertz CT molecular complexity index is 734. The van der Waals surface area contributed by atoms with E-state index < -0.39 is 0 Å². The number of aromatic amines is 1. The minimum atomic E-state index is -0.297. The van der Waals surface area contributed by atoms with Crippen molar-refractivity contribution < 1.29 is 9.53 Å². The predicted molar refractivity (Wildman–Crippen MR) is 81.6 cm³/mol. The van der Waals surface area contributed by atoms with Gasteiger partial charge in [-0.25, -0.2) is 0 Å². The standard InChI is InChI=1S/C16H15N3O3/c1-12-4-6-14(11-18-12)22-9-3-2-8-17-16(21)13-5-7-15(20)19-10-13/h4-7,10-11H,8-9H2,1H3,(H,17,21)(H,19,20). The molecule has 1 amide bonds. The van der Waals surface area contributed by atoms with Gasteiger partial charge in [-0.05, 0) is 25.1 Å². The van der Waals surface area contributed by atoms with Crippen LogP contribution >= 0.6 is 0 Å².